The lowest BCUT2D eigenvalue weighted by atomic mass is 10.1. The van der Waals surface area contributed by atoms with Crippen molar-refractivity contribution in [3.05, 3.63) is 102 Å². The minimum absolute atomic E-state index is 0.0771. The van der Waals surface area contributed by atoms with Gasteiger partial charge in [0.1, 0.15) is 5.75 Å². The SMILES string of the molecule is Cc1ccc(/C=C/C(=O)Sc2ccc(OC(=O)/C=C/c3ccc(N)cc3)cc2)cc1. The Bertz CT molecular complexity index is 978. The summed E-state index contributed by atoms with van der Waals surface area (Å²) in [7, 11) is 0. The second-order valence-electron chi connectivity index (χ2n) is 6.56. The highest BCUT2D eigenvalue weighted by atomic mass is 32.2. The summed E-state index contributed by atoms with van der Waals surface area (Å²) in [6.45, 7) is 2.02. The van der Waals surface area contributed by atoms with Crippen LogP contribution in [0.2, 0.25) is 0 Å². The Morgan fingerprint density at radius 1 is 0.800 bits per heavy atom. The van der Waals surface area contributed by atoms with E-state index in [-0.39, 0.29) is 5.12 Å². The van der Waals surface area contributed by atoms with Crippen molar-refractivity contribution in [2.75, 3.05) is 5.73 Å². The van der Waals surface area contributed by atoms with Crippen LogP contribution in [0.25, 0.3) is 12.2 Å². The number of benzene rings is 3. The van der Waals surface area contributed by atoms with E-state index < -0.39 is 5.97 Å². The Hall–Kier alpha value is -3.57. The van der Waals surface area contributed by atoms with Crippen molar-refractivity contribution >= 4 is 40.7 Å². The van der Waals surface area contributed by atoms with Crippen molar-refractivity contribution in [2.24, 2.45) is 0 Å². The van der Waals surface area contributed by atoms with Gasteiger partial charge in [-0.25, -0.2) is 4.79 Å². The van der Waals surface area contributed by atoms with Gasteiger partial charge in [-0.3, -0.25) is 4.79 Å². The van der Waals surface area contributed by atoms with Crippen molar-refractivity contribution in [1.82, 2.24) is 0 Å². The van der Waals surface area contributed by atoms with Gasteiger partial charge in [-0.15, -0.1) is 0 Å². The van der Waals surface area contributed by atoms with Gasteiger partial charge in [0.25, 0.3) is 0 Å². The quantitative estimate of drug-likeness (QED) is 0.188. The lowest BCUT2D eigenvalue weighted by molar-refractivity contribution is -0.128. The predicted molar refractivity (Wildman–Crippen MR) is 123 cm³/mol. The molecular formula is C25H21NO3S. The van der Waals surface area contributed by atoms with E-state index in [9.17, 15) is 9.59 Å². The maximum Gasteiger partial charge on any atom is 0.336 e. The number of thioether (sulfide) groups is 1. The second kappa shape index (κ2) is 10.3. The molecule has 0 radical (unpaired) electrons. The van der Waals surface area contributed by atoms with E-state index in [0.717, 1.165) is 27.8 Å². The molecule has 4 nitrogen and oxygen atoms in total. The van der Waals surface area contributed by atoms with Gasteiger partial charge in [-0.1, -0.05) is 48.0 Å². The molecule has 0 aliphatic rings. The number of nitrogen functional groups attached to an aromatic ring is 1. The molecule has 30 heavy (non-hydrogen) atoms. The van der Waals surface area contributed by atoms with Crippen LogP contribution in [0.1, 0.15) is 16.7 Å². The number of aryl methyl sites for hydroxylation is 1. The standard InChI is InChI=1S/C25H21NO3S/c1-18-2-4-19(5-3-18)9-17-25(28)30-23-14-12-22(13-15-23)29-24(27)16-8-20-6-10-21(26)11-7-20/h2-17H,26H2,1H3/b16-8+,17-9+. The fourth-order valence-corrected chi connectivity index (χ4v) is 3.13. The highest BCUT2D eigenvalue weighted by Gasteiger charge is 2.04. The molecule has 0 amide bonds. The normalized spacial score (nSPS) is 11.1. The van der Waals surface area contributed by atoms with Gasteiger partial charge in [0.05, 0.1) is 0 Å². The maximum atomic E-state index is 12.1. The number of hydrogen-bond acceptors (Lipinski definition) is 5. The van der Waals surface area contributed by atoms with Crippen molar-refractivity contribution < 1.29 is 14.3 Å². The molecule has 0 bridgehead atoms. The molecule has 150 valence electrons. The monoisotopic (exact) mass is 415 g/mol. The average Bonchev–Trinajstić information content (AvgIpc) is 2.74. The van der Waals surface area contributed by atoms with Crippen LogP contribution in [-0.2, 0) is 9.59 Å². The van der Waals surface area contributed by atoms with Crippen molar-refractivity contribution in [1.29, 1.82) is 0 Å². The van der Waals surface area contributed by atoms with Gasteiger partial charge in [-0.05, 0) is 78.4 Å². The Balaban J connectivity index is 1.51. The van der Waals surface area contributed by atoms with E-state index >= 15 is 0 Å². The zero-order valence-corrected chi connectivity index (χ0v) is 17.3. The zero-order valence-electron chi connectivity index (χ0n) is 16.4. The highest BCUT2D eigenvalue weighted by molar-refractivity contribution is 8.14. The molecule has 0 aromatic heterocycles. The molecule has 0 fully saturated rings. The number of carbonyl (C=O) groups is 2. The van der Waals surface area contributed by atoms with E-state index in [4.69, 9.17) is 10.5 Å². The van der Waals surface area contributed by atoms with Gasteiger partial charge in [-0.2, -0.15) is 0 Å². The Labute approximate surface area is 180 Å². The maximum absolute atomic E-state index is 12.1. The molecule has 2 N–H and O–H groups in total. The van der Waals surface area contributed by atoms with Crippen LogP contribution in [0.4, 0.5) is 5.69 Å². The summed E-state index contributed by atoms with van der Waals surface area (Å²) >= 11 is 1.11. The van der Waals surface area contributed by atoms with Crippen molar-refractivity contribution in [2.45, 2.75) is 11.8 Å². The molecule has 0 saturated heterocycles. The van der Waals surface area contributed by atoms with E-state index in [1.54, 1.807) is 54.6 Å². The van der Waals surface area contributed by atoms with Gasteiger partial charge >= 0.3 is 5.97 Å². The molecule has 0 aliphatic heterocycles. The first kappa shape index (κ1) is 21.1. The molecule has 3 aromatic carbocycles. The average molecular weight is 416 g/mol. The first-order valence-electron chi connectivity index (χ1n) is 9.30. The van der Waals surface area contributed by atoms with Crippen LogP contribution in [0, 0.1) is 6.92 Å². The summed E-state index contributed by atoms with van der Waals surface area (Å²) in [5, 5.41) is -0.0771. The number of hydrogen-bond donors (Lipinski definition) is 1. The number of rotatable bonds is 6. The summed E-state index contributed by atoms with van der Waals surface area (Å²) in [4.78, 5) is 24.9. The summed E-state index contributed by atoms with van der Waals surface area (Å²) in [6.07, 6.45) is 6.35. The fourth-order valence-electron chi connectivity index (χ4n) is 2.49. The summed E-state index contributed by atoms with van der Waals surface area (Å²) < 4.78 is 5.28. The summed E-state index contributed by atoms with van der Waals surface area (Å²) in [5.41, 5.74) is 9.30. The third-order valence-corrected chi connectivity index (χ3v) is 4.94. The Kier molecular flexibility index (Phi) is 7.24. The topological polar surface area (TPSA) is 69.4 Å². The van der Waals surface area contributed by atoms with E-state index in [1.165, 1.54) is 11.6 Å². The van der Waals surface area contributed by atoms with Crippen LogP contribution >= 0.6 is 11.8 Å². The third-order valence-electron chi connectivity index (χ3n) is 4.10. The Morgan fingerprint density at radius 3 is 2.00 bits per heavy atom. The molecule has 3 aromatic rings. The van der Waals surface area contributed by atoms with E-state index in [1.807, 2.05) is 43.3 Å². The molecule has 0 spiro atoms. The van der Waals surface area contributed by atoms with Crippen molar-refractivity contribution in [3.8, 4) is 5.75 Å². The number of carbonyl (C=O) groups excluding carboxylic acids is 2. The molecular weight excluding hydrogens is 394 g/mol. The number of nitrogens with two attached hydrogens (primary N) is 1. The smallest absolute Gasteiger partial charge is 0.336 e. The first-order chi connectivity index (χ1) is 14.5. The molecule has 0 atom stereocenters. The molecule has 5 heteroatoms. The van der Waals surface area contributed by atoms with E-state index in [0.29, 0.717) is 11.4 Å². The molecule has 0 aliphatic carbocycles. The van der Waals surface area contributed by atoms with Gasteiger partial charge in [0.2, 0.25) is 5.12 Å². The number of ether oxygens (including phenoxy) is 1. The van der Waals surface area contributed by atoms with Crippen molar-refractivity contribution in [3.63, 3.8) is 0 Å². The first-order valence-corrected chi connectivity index (χ1v) is 10.1. The lowest BCUT2D eigenvalue weighted by Crippen LogP contribution is -2.03. The van der Waals surface area contributed by atoms with Gasteiger partial charge in [0, 0.05) is 16.7 Å². The zero-order chi connectivity index (χ0) is 21.3. The highest BCUT2D eigenvalue weighted by Crippen LogP contribution is 2.23. The van der Waals surface area contributed by atoms with Gasteiger partial charge in [0.15, 0.2) is 0 Å². The predicted octanol–water partition coefficient (Wildman–Crippen LogP) is 5.53. The number of esters is 1. The fraction of sp³-hybridized carbons (Fsp3) is 0.0400. The molecule has 0 unspecified atom stereocenters. The van der Waals surface area contributed by atoms with Crippen LogP contribution in [0.3, 0.4) is 0 Å². The molecule has 3 rings (SSSR count). The van der Waals surface area contributed by atoms with Crippen LogP contribution < -0.4 is 10.5 Å². The minimum atomic E-state index is -0.482. The largest absolute Gasteiger partial charge is 0.423 e. The molecule has 0 heterocycles. The van der Waals surface area contributed by atoms with Crippen LogP contribution in [0.15, 0.2) is 89.8 Å². The van der Waals surface area contributed by atoms with Crippen LogP contribution in [0.5, 0.6) is 5.75 Å². The second-order valence-corrected chi connectivity index (χ2v) is 7.64. The Morgan fingerprint density at radius 2 is 1.37 bits per heavy atom. The summed E-state index contributed by atoms with van der Waals surface area (Å²) in [6, 6.07) is 21.9. The number of anilines is 1. The minimum Gasteiger partial charge on any atom is -0.423 e. The van der Waals surface area contributed by atoms with Gasteiger partial charge < -0.3 is 10.5 Å². The molecule has 0 saturated carbocycles. The summed E-state index contributed by atoms with van der Waals surface area (Å²) in [5.74, 6) is -0.0710. The van der Waals surface area contributed by atoms with E-state index in [2.05, 4.69) is 0 Å². The van der Waals surface area contributed by atoms with Crippen LogP contribution in [-0.4, -0.2) is 11.1 Å². The third kappa shape index (κ3) is 6.79. The lowest BCUT2D eigenvalue weighted by Gasteiger charge is -2.03.